The van der Waals surface area contributed by atoms with Crippen LogP contribution in [0.3, 0.4) is 0 Å². The van der Waals surface area contributed by atoms with Crippen molar-refractivity contribution in [3.05, 3.63) is 0 Å². The monoisotopic (exact) mass is 192 g/mol. The van der Waals surface area contributed by atoms with Crippen molar-refractivity contribution in [1.29, 1.82) is 0 Å². The zero-order valence-corrected chi connectivity index (χ0v) is 7.43. The van der Waals surface area contributed by atoms with Gasteiger partial charge in [0.05, 0.1) is 0 Å². The molecule has 1 fully saturated rings. The molecule has 0 bridgehead atoms. The van der Waals surface area contributed by atoms with Gasteiger partial charge in [-0.25, -0.2) is 0 Å². The maximum absolute atomic E-state index is 10.9. The van der Waals surface area contributed by atoms with Crippen molar-refractivity contribution in [2.75, 3.05) is 0 Å². The summed E-state index contributed by atoms with van der Waals surface area (Å²) in [5.41, 5.74) is 0. The van der Waals surface area contributed by atoms with Crippen LogP contribution in [0.25, 0.3) is 0 Å². The summed E-state index contributed by atoms with van der Waals surface area (Å²) >= 11 is 2.12. The van der Waals surface area contributed by atoms with Crippen molar-refractivity contribution in [1.82, 2.24) is 5.06 Å². The third-order valence-electron chi connectivity index (χ3n) is 1.23. The van der Waals surface area contributed by atoms with Crippen molar-refractivity contribution in [3.8, 4) is 0 Å². The second-order valence-electron chi connectivity index (χ2n) is 2.19. The molecule has 1 aliphatic heterocycles. The normalized spacial score (nSPS) is 17.6. The van der Waals surface area contributed by atoms with Crippen LogP contribution in [0.15, 0.2) is 0 Å². The number of carbonyl (C=O) groups excluding carboxylic acids is 2. The Morgan fingerprint density at radius 2 is 1.91 bits per heavy atom. The van der Waals surface area contributed by atoms with Gasteiger partial charge in [-0.3, -0.25) is 0 Å². The molecule has 0 N–H and O–H groups in total. The number of rotatable bonds is 2. The van der Waals surface area contributed by atoms with E-state index in [9.17, 15) is 9.59 Å². The van der Waals surface area contributed by atoms with E-state index in [4.69, 9.17) is 4.84 Å². The van der Waals surface area contributed by atoms with Crippen molar-refractivity contribution in [2.24, 2.45) is 0 Å². The van der Waals surface area contributed by atoms with Gasteiger partial charge in [-0.2, -0.15) is 0 Å². The van der Waals surface area contributed by atoms with Crippen LogP contribution in [-0.2, 0) is 31.4 Å². The zero-order valence-electron chi connectivity index (χ0n) is 6.03. The van der Waals surface area contributed by atoms with Crippen LogP contribution in [0, 0.1) is 0 Å². The molecule has 0 atom stereocenters. The van der Waals surface area contributed by atoms with E-state index in [1.807, 2.05) is 0 Å². The molecule has 4 nitrogen and oxygen atoms in total. The molecule has 0 aliphatic carbocycles. The molecular weight excluding hydrogens is 185 g/mol. The summed E-state index contributed by atoms with van der Waals surface area (Å²) in [5, 5.41) is 0.813. The molecule has 1 heterocycles. The minimum absolute atomic E-state index is 0.263. The van der Waals surface area contributed by atoms with Crippen molar-refractivity contribution < 1.29 is 31.4 Å². The molecular formula is C6H7NO3V. The van der Waals surface area contributed by atoms with Crippen molar-refractivity contribution in [3.63, 3.8) is 0 Å². The van der Waals surface area contributed by atoms with Crippen molar-refractivity contribution >= 4 is 16.2 Å². The number of hydrogen-bond acceptors (Lipinski definition) is 3. The number of hydroxylamine groups is 2. The molecule has 0 spiro atoms. The average Bonchev–Trinajstić information content (AvgIpc) is 2.18. The fraction of sp³-hybridized carbons (Fsp3) is 0.500. The Morgan fingerprint density at radius 1 is 1.45 bits per heavy atom. The first-order chi connectivity index (χ1) is 5.11. The van der Waals surface area contributed by atoms with Gasteiger partial charge in [0, 0.05) is 0 Å². The SMILES string of the molecule is C[C](=[V])ON1C(=O)CCC1=O. The number of carbonyl (C=O) groups is 2. The molecule has 0 unspecified atom stereocenters. The minimum atomic E-state index is -0.264. The third-order valence-corrected chi connectivity index (χ3v) is 1.36. The molecule has 1 saturated heterocycles. The van der Waals surface area contributed by atoms with E-state index in [0.717, 1.165) is 5.06 Å². The predicted octanol–water partition coefficient (Wildman–Crippen LogP) is -0.236. The van der Waals surface area contributed by atoms with Crippen LogP contribution in [0.5, 0.6) is 0 Å². The Morgan fingerprint density at radius 3 is 2.27 bits per heavy atom. The van der Waals surface area contributed by atoms with Gasteiger partial charge in [-0.05, 0) is 0 Å². The van der Waals surface area contributed by atoms with E-state index in [1.54, 1.807) is 6.92 Å². The first kappa shape index (κ1) is 8.65. The van der Waals surface area contributed by atoms with Gasteiger partial charge in [-0.1, -0.05) is 0 Å². The molecule has 0 aromatic rings. The van der Waals surface area contributed by atoms with Gasteiger partial charge in [0.2, 0.25) is 0 Å². The summed E-state index contributed by atoms with van der Waals surface area (Å²) in [6.07, 6.45) is 0.526. The van der Waals surface area contributed by atoms with E-state index in [1.165, 1.54) is 0 Å². The predicted molar refractivity (Wildman–Crippen MR) is 32.9 cm³/mol. The summed E-state index contributed by atoms with van der Waals surface area (Å²) in [6.45, 7) is 1.67. The molecule has 0 aromatic carbocycles. The molecule has 0 radical (unpaired) electrons. The number of hydrogen-bond donors (Lipinski definition) is 0. The average molecular weight is 192 g/mol. The summed E-state index contributed by atoms with van der Waals surface area (Å²) in [7, 11) is 0. The first-order valence-electron chi connectivity index (χ1n) is 3.17. The van der Waals surface area contributed by atoms with Gasteiger partial charge in [0.25, 0.3) is 0 Å². The second-order valence-corrected chi connectivity index (χ2v) is 3.18. The second kappa shape index (κ2) is 3.30. The van der Waals surface area contributed by atoms with E-state index < -0.39 is 0 Å². The zero-order chi connectivity index (χ0) is 8.43. The summed E-state index contributed by atoms with van der Waals surface area (Å²) < 4.78 is 0.529. The maximum atomic E-state index is 10.9. The summed E-state index contributed by atoms with van der Waals surface area (Å²) in [4.78, 5) is 26.6. The Labute approximate surface area is 72.9 Å². The Bertz CT molecular complexity index is 210. The fourth-order valence-electron chi connectivity index (χ4n) is 0.790. The number of imide groups is 1. The van der Waals surface area contributed by atoms with Gasteiger partial charge in [0.15, 0.2) is 0 Å². The van der Waals surface area contributed by atoms with Crippen molar-refractivity contribution in [2.45, 2.75) is 19.8 Å². The molecule has 59 valence electrons. The quantitative estimate of drug-likeness (QED) is 0.567. The van der Waals surface area contributed by atoms with E-state index >= 15 is 0 Å². The first-order valence-corrected chi connectivity index (χ1v) is 3.87. The van der Waals surface area contributed by atoms with Crippen LogP contribution in [0.4, 0.5) is 0 Å². The third kappa shape index (κ3) is 1.99. The van der Waals surface area contributed by atoms with Crippen LogP contribution < -0.4 is 0 Å². The number of amides is 2. The molecule has 0 aromatic heterocycles. The van der Waals surface area contributed by atoms with Gasteiger partial charge < -0.3 is 0 Å². The van der Waals surface area contributed by atoms with Gasteiger partial charge >= 0.3 is 72.5 Å². The van der Waals surface area contributed by atoms with E-state index in [0.29, 0.717) is 4.41 Å². The van der Waals surface area contributed by atoms with Crippen LogP contribution in [0.1, 0.15) is 19.8 Å². The Kier molecular flexibility index (Phi) is 2.60. The molecule has 1 aliphatic rings. The van der Waals surface area contributed by atoms with Crippen LogP contribution >= 0.6 is 0 Å². The van der Waals surface area contributed by atoms with E-state index in [2.05, 4.69) is 17.0 Å². The molecule has 5 heteroatoms. The topological polar surface area (TPSA) is 46.6 Å². The fourth-order valence-corrected chi connectivity index (χ4v) is 0.917. The van der Waals surface area contributed by atoms with Gasteiger partial charge in [0.1, 0.15) is 0 Å². The molecule has 0 saturated carbocycles. The standard InChI is InChI=1S/C6H7NO3.V/c1-2-10-7-5(8)3-4-6(7)9;/h3-4H2,1H3;. The van der Waals surface area contributed by atoms with E-state index in [-0.39, 0.29) is 24.7 Å². The van der Waals surface area contributed by atoms with Crippen LogP contribution in [0.2, 0.25) is 0 Å². The number of nitrogens with zero attached hydrogens (tertiary/aromatic N) is 1. The van der Waals surface area contributed by atoms with Crippen LogP contribution in [-0.4, -0.2) is 21.3 Å². The summed E-state index contributed by atoms with van der Waals surface area (Å²) in [6, 6.07) is 0. The molecule has 2 amide bonds. The Hall–Kier alpha value is -0.446. The molecule has 1 rings (SSSR count). The van der Waals surface area contributed by atoms with Gasteiger partial charge in [-0.15, -0.1) is 0 Å². The summed E-state index contributed by atoms with van der Waals surface area (Å²) in [5.74, 6) is -0.527. The Balaban J connectivity index is 2.62. The molecule has 11 heavy (non-hydrogen) atoms.